The molecule has 0 heterocycles. The minimum absolute atomic E-state index is 0.314. The van der Waals surface area contributed by atoms with E-state index in [2.05, 4.69) is 11.8 Å². The fraction of sp³-hybridized carbons (Fsp3) is 0.500. The highest BCUT2D eigenvalue weighted by molar-refractivity contribution is 7.55. The van der Waals surface area contributed by atoms with Gasteiger partial charge in [-0.25, -0.2) is 0 Å². The van der Waals surface area contributed by atoms with Crippen LogP contribution in [0.2, 0.25) is 0 Å². The van der Waals surface area contributed by atoms with Gasteiger partial charge in [0.15, 0.2) is 0 Å². The molecule has 0 amide bonds. The molecule has 1 aromatic rings. The van der Waals surface area contributed by atoms with Gasteiger partial charge in [-0.3, -0.25) is 4.57 Å². The molecular formula is C16H21O4P. The van der Waals surface area contributed by atoms with Crippen LogP contribution in [-0.2, 0) is 18.3 Å². The molecule has 1 saturated carbocycles. The SMILES string of the molecule is CCOP(=O)(OCC)[C@@H]1C[C@@]1(C#Cc1ccccc1)OC. The summed E-state index contributed by atoms with van der Waals surface area (Å²) < 4.78 is 29.1. The molecule has 2 rings (SSSR count). The van der Waals surface area contributed by atoms with Crippen LogP contribution in [0.3, 0.4) is 0 Å². The molecule has 114 valence electrons. The van der Waals surface area contributed by atoms with Crippen LogP contribution in [0, 0.1) is 11.8 Å². The monoisotopic (exact) mass is 308 g/mol. The molecule has 1 aliphatic carbocycles. The first-order valence-corrected chi connectivity index (χ1v) is 8.73. The zero-order chi connectivity index (χ0) is 15.3. The predicted octanol–water partition coefficient (Wildman–Crippen LogP) is 3.46. The van der Waals surface area contributed by atoms with Crippen LogP contribution in [0.4, 0.5) is 0 Å². The second-order valence-corrected chi connectivity index (χ2v) is 7.02. The number of hydrogen-bond donors (Lipinski definition) is 0. The Balaban J connectivity index is 2.19. The summed E-state index contributed by atoms with van der Waals surface area (Å²) in [4.78, 5) is 0. The largest absolute Gasteiger partial charge is 0.365 e. The van der Waals surface area contributed by atoms with Gasteiger partial charge in [0, 0.05) is 19.1 Å². The summed E-state index contributed by atoms with van der Waals surface area (Å²) in [5.41, 5.74) is -0.135. The van der Waals surface area contributed by atoms with Crippen LogP contribution in [0.5, 0.6) is 0 Å². The fourth-order valence-electron chi connectivity index (χ4n) is 2.28. The zero-order valence-electron chi connectivity index (χ0n) is 12.7. The first-order valence-electron chi connectivity index (χ1n) is 7.12. The normalized spacial score (nSPS) is 24.2. The first-order chi connectivity index (χ1) is 10.1. The van der Waals surface area contributed by atoms with Crippen molar-refractivity contribution in [3.63, 3.8) is 0 Å². The van der Waals surface area contributed by atoms with Crippen molar-refractivity contribution >= 4 is 7.60 Å². The quantitative estimate of drug-likeness (QED) is 0.596. The summed E-state index contributed by atoms with van der Waals surface area (Å²) >= 11 is 0. The maximum absolute atomic E-state index is 12.8. The smallest absolute Gasteiger partial charge is 0.337 e. The molecule has 21 heavy (non-hydrogen) atoms. The summed E-state index contributed by atoms with van der Waals surface area (Å²) in [6.45, 7) is 4.30. The van der Waals surface area contributed by atoms with Crippen molar-refractivity contribution in [2.24, 2.45) is 0 Å². The molecule has 4 nitrogen and oxygen atoms in total. The highest BCUT2D eigenvalue weighted by atomic mass is 31.2. The first kappa shape index (κ1) is 16.3. The molecule has 2 atom stereocenters. The van der Waals surface area contributed by atoms with E-state index in [0.29, 0.717) is 19.6 Å². The summed E-state index contributed by atoms with van der Waals surface area (Å²) in [5.74, 6) is 6.18. The van der Waals surface area contributed by atoms with E-state index in [1.54, 1.807) is 21.0 Å². The number of benzene rings is 1. The topological polar surface area (TPSA) is 44.8 Å². The second-order valence-electron chi connectivity index (χ2n) is 4.80. The lowest BCUT2D eigenvalue weighted by Gasteiger charge is -2.18. The van der Waals surface area contributed by atoms with Crippen molar-refractivity contribution < 1.29 is 18.3 Å². The molecule has 0 aliphatic heterocycles. The number of hydrogen-bond acceptors (Lipinski definition) is 4. The number of methoxy groups -OCH3 is 1. The van der Waals surface area contributed by atoms with Crippen molar-refractivity contribution in [1.29, 1.82) is 0 Å². The van der Waals surface area contributed by atoms with Gasteiger partial charge >= 0.3 is 7.60 Å². The fourth-order valence-corrected chi connectivity index (χ4v) is 4.61. The van der Waals surface area contributed by atoms with Gasteiger partial charge in [-0.2, -0.15) is 0 Å². The Labute approximate surface area is 126 Å². The molecule has 0 N–H and O–H groups in total. The van der Waals surface area contributed by atoms with Gasteiger partial charge in [0.1, 0.15) is 11.3 Å². The van der Waals surface area contributed by atoms with Crippen molar-refractivity contribution in [1.82, 2.24) is 0 Å². The standard InChI is InChI=1S/C16H21O4P/c1-4-19-21(17,20-5-2)15-13-16(15,18-3)12-11-14-9-7-6-8-10-14/h6-10,15H,4-5,13H2,1-3H3/t15-,16-/m1/s1. The van der Waals surface area contributed by atoms with Gasteiger partial charge < -0.3 is 13.8 Å². The van der Waals surface area contributed by atoms with Gasteiger partial charge in [-0.15, -0.1) is 0 Å². The van der Waals surface area contributed by atoms with Crippen LogP contribution < -0.4 is 0 Å². The molecule has 0 spiro atoms. The Hall–Kier alpha value is -1.11. The maximum Gasteiger partial charge on any atom is 0.337 e. The van der Waals surface area contributed by atoms with E-state index in [1.807, 2.05) is 30.3 Å². The Kier molecular flexibility index (Phi) is 5.24. The number of rotatable bonds is 6. The van der Waals surface area contributed by atoms with E-state index in [-0.39, 0.29) is 5.66 Å². The third kappa shape index (κ3) is 3.56. The van der Waals surface area contributed by atoms with Gasteiger partial charge in [-0.1, -0.05) is 30.0 Å². The van der Waals surface area contributed by atoms with Crippen LogP contribution in [0.15, 0.2) is 30.3 Å². The van der Waals surface area contributed by atoms with Gasteiger partial charge in [0.25, 0.3) is 0 Å². The molecule has 1 fully saturated rings. The Morgan fingerprint density at radius 2 is 1.86 bits per heavy atom. The lowest BCUT2D eigenvalue weighted by atomic mass is 10.2. The van der Waals surface area contributed by atoms with E-state index < -0.39 is 13.2 Å². The van der Waals surface area contributed by atoms with Crippen molar-refractivity contribution in [3.8, 4) is 11.8 Å². The molecule has 0 saturated heterocycles. The molecule has 0 aromatic heterocycles. The van der Waals surface area contributed by atoms with E-state index in [4.69, 9.17) is 13.8 Å². The highest BCUT2D eigenvalue weighted by Crippen LogP contribution is 2.67. The minimum Gasteiger partial charge on any atom is -0.365 e. The lowest BCUT2D eigenvalue weighted by molar-refractivity contribution is 0.123. The Morgan fingerprint density at radius 1 is 1.24 bits per heavy atom. The summed E-state index contributed by atoms with van der Waals surface area (Å²) in [7, 11) is -1.58. The average molecular weight is 308 g/mol. The third-order valence-corrected chi connectivity index (χ3v) is 6.03. The summed E-state index contributed by atoms with van der Waals surface area (Å²) in [6.07, 6.45) is 0.570. The van der Waals surface area contributed by atoms with Crippen molar-refractivity contribution in [3.05, 3.63) is 35.9 Å². The average Bonchev–Trinajstić information content (AvgIpc) is 3.23. The third-order valence-electron chi connectivity index (χ3n) is 3.43. The molecule has 0 radical (unpaired) electrons. The molecule has 1 aromatic carbocycles. The lowest BCUT2D eigenvalue weighted by Crippen LogP contribution is -2.17. The Bertz CT molecular complexity index is 565. The van der Waals surface area contributed by atoms with Crippen molar-refractivity contribution in [2.45, 2.75) is 31.5 Å². The van der Waals surface area contributed by atoms with Crippen LogP contribution in [0.1, 0.15) is 25.8 Å². The maximum atomic E-state index is 12.8. The van der Waals surface area contributed by atoms with Crippen molar-refractivity contribution in [2.75, 3.05) is 20.3 Å². The van der Waals surface area contributed by atoms with E-state index in [9.17, 15) is 4.57 Å². The molecule has 0 bridgehead atoms. The van der Waals surface area contributed by atoms with E-state index >= 15 is 0 Å². The van der Waals surface area contributed by atoms with Gasteiger partial charge in [0.2, 0.25) is 0 Å². The summed E-state index contributed by atoms with van der Waals surface area (Å²) in [6, 6.07) is 9.66. The van der Waals surface area contributed by atoms with E-state index in [1.165, 1.54) is 0 Å². The second kappa shape index (κ2) is 6.77. The van der Waals surface area contributed by atoms with E-state index in [0.717, 1.165) is 5.56 Å². The van der Waals surface area contributed by atoms with Crippen LogP contribution in [0.25, 0.3) is 0 Å². The highest BCUT2D eigenvalue weighted by Gasteiger charge is 2.65. The molecular weight excluding hydrogens is 287 g/mol. The van der Waals surface area contributed by atoms with Gasteiger partial charge in [0.05, 0.1) is 13.2 Å². The van der Waals surface area contributed by atoms with Gasteiger partial charge in [-0.05, 0) is 26.0 Å². The minimum atomic E-state index is -3.17. The van der Waals surface area contributed by atoms with Crippen LogP contribution >= 0.6 is 7.60 Å². The number of ether oxygens (including phenoxy) is 1. The predicted molar refractivity (Wildman–Crippen MR) is 82.3 cm³/mol. The molecule has 1 aliphatic rings. The molecule has 5 heteroatoms. The Morgan fingerprint density at radius 3 is 2.38 bits per heavy atom. The zero-order valence-corrected chi connectivity index (χ0v) is 13.6. The summed E-state index contributed by atoms with van der Waals surface area (Å²) in [5, 5.41) is 0. The molecule has 0 unspecified atom stereocenters. The van der Waals surface area contributed by atoms with Crippen LogP contribution in [-0.4, -0.2) is 31.6 Å².